The molecule has 3 heterocycles. The van der Waals surface area contributed by atoms with Crippen molar-refractivity contribution in [3.05, 3.63) is 29.4 Å². The maximum Gasteiger partial charge on any atom is 0.241 e. The van der Waals surface area contributed by atoms with E-state index in [1.54, 1.807) is 12.3 Å². The molecule has 0 amide bonds. The summed E-state index contributed by atoms with van der Waals surface area (Å²) in [7, 11) is 0. The van der Waals surface area contributed by atoms with Gasteiger partial charge in [-0.25, -0.2) is 4.98 Å². The fourth-order valence-electron chi connectivity index (χ4n) is 3.42. The van der Waals surface area contributed by atoms with Gasteiger partial charge in [0.15, 0.2) is 0 Å². The van der Waals surface area contributed by atoms with Crippen molar-refractivity contribution in [3.8, 4) is 11.4 Å². The zero-order valence-corrected chi connectivity index (χ0v) is 15.9. The van der Waals surface area contributed by atoms with Crippen molar-refractivity contribution in [3.63, 3.8) is 0 Å². The molecule has 0 bridgehead atoms. The van der Waals surface area contributed by atoms with E-state index in [2.05, 4.69) is 31.8 Å². The molecule has 142 valence electrons. The number of rotatable bonds is 8. The molecule has 1 saturated heterocycles. The molecule has 2 aromatic heterocycles. The normalized spacial score (nSPS) is 16.5. The fourth-order valence-corrected chi connectivity index (χ4v) is 3.62. The van der Waals surface area contributed by atoms with Crippen molar-refractivity contribution in [1.29, 1.82) is 0 Å². The van der Waals surface area contributed by atoms with E-state index in [-0.39, 0.29) is 6.61 Å². The number of aromatic nitrogens is 3. The third kappa shape index (κ3) is 4.79. The van der Waals surface area contributed by atoms with Gasteiger partial charge in [-0.05, 0) is 51.0 Å². The Balaban J connectivity index is 1.68. The summed E-state index contributed by atoms with van der Waals surface area (Å²) in [5.41, 5.74) is 0.669. The number of halogens is 1. The van der Waals surface area contributed by atoms with Crippen LogP contribution in [0.3, 0.4) is 0 Å². The molecule has 26 heavy (non-hydrogen) atoms. The van der Waals surface area contributed by atoms with Crippen molar-refractivity contribution >= 4 is 11.6 Å². The van der Waals surface area contributed by atoms with Gasteiger partial charge in [0, 0.05) is 25.4 Å². The van der Waals surface area contributed by atoms with Gasteiger partial charge in [0.2, 0.25) is 11.7 Å². The molecule has 1 fully saturated rings. The van der Waals surface area contributed by atoms with Crippen LogP contribution in [0.1, 0.15) is 32.1 Å². The van der Waals surface area contributed by atoms with Crippen molar-refractivity contribution < 1.29 is 9.63 Å². The maximum absolute atomic E-state index is 9.24. The molecule has 0 spiro atoms. The number of hydrogen-bond donors (Lipinski definition) is 1. The van der Waals surface area contributed by atoms with Crippen LogP contribution in [0.4, 0.5) is 0 Å². The minimum absolute atomic E-state index is 0.185. The van der Waals surface area contributed by atoms with Gasteiger partial charge < -0.3 is 14.5 Å². The first kappa shape index (κ1) is 19.2. The Morgan fingerprint density at radius 2 is 2.19 bits per heavy atom. The van der Waals surface area contributed by atoms with Gasteiger partial charge >= 0.3 is 0 Å². The highest BCUT2D eigenvalue weighted by atomic mass is 35.5. The minimum atomic E-state index is 0.185. The Bertz CT molecular complexity index is 688. The second kappa shape index (κ2) is 9.41. The Kier molecular flexibility index (Phi) is 6.96. The van der Waals surface area contributed by atoms with E-state index in [4.69, 9.17) is 16.1 Å². The maximum atomic E-state index is 9.24. The molecule has 0 saturated carbocycles. The molecular weight excluding hydrogens is 354 g/mol. The number of hydrogen-bond acceptors (Lipinski definition) is 7. The van der Waals surface area contributed by atoms with Crippen LogP contribution in [-0.4, -0.2) is 68.9 Å². The third-order valence-corrected chi connectivity index (χ3v) is 5.23. The summed E-state index contributed by atoms with van der Waals surface area (Å²) in [4.78, 5) is 13.4. The summed E-state index contributed by atoms with van der Waals surface area (Å²) in [6.45, 7) is 7.11. The van der Waals surface area contributed by atoms with Crippen molar-refractivity contribution in [2.45, 2.75) is 38.8 Å². The van der Waals surface area contributed by atoms with E-state index in [0.29, 0.717) is 35.0 Å². The standard InChI is InChI=1S/C18H26ClN5O2/c1-2-23-10-6-14(7-11-23)24(9-4-12-25)13-16-21-18(22-26-16)15-5-3-8-20-17(15)19/h3,5,8,14,25H,2,4,6-7,9-13H2,1H3. The quantitative estimate of drug-likeness (QED) is 0.705. The van der Waals surface area contributed by atoms with Gasteiger partial charge in [-0.15, -0.1) is 0 Å². The van der Waals surface area contributed by atoms with Crippen LogP contribution in [0, 0.1) is 0 Å². The SMILES string of the molecule is CCN1CCC(N(CCCO)Cc2nc(-c3cccnc3Cl)no2)CC1. The van der Waals surface area contributed by atoms with Gasteiger partial charge in [-0.1, -0.05) is 23.7 Å². The Hall–Kier alpha value is -1.54. The third-order valence-electron chi connectivity index (χ3n) is 4.93. The van der Waals surface area contributed by atoms with Crippen molar-refractivity contribution in [1.82, 2.24) is 24.9 Å². The molecule has 1 N–H and O–H groups in total. The molecular formula is C18H26ClN5O2. The second-order valence-corrected chi connectivity index (χ2v) is 6.92. The number of likely N-dealkylation sites (tertiary alicyclic amines) is 1. The van der Waals surface area contributed by atoms with Crippen LogP contribution in [-0.2, 0) is 6.54 Å². The first-order valence-corrected chi connectivity index (χ1v) is 9.59. The number of pyridine rings is 1. The molecule has 8 heteroatoms. The number of piperidine rings is 1. The number of nitrogens with zero attached hydrogens (tertiary/aromatic N) is 5. The summed E-state index contributed by atoms with van der Waals surface area (Å²) in [6, 6.07) is 4.10. The minimum Gasteiger partial charge on any atom is -0.396 e. The van der Waals surface area contributed by atoms with Crippen molar-refractivity contribution in [2.75, 3.05) is 32.8 Å². The number of aliphatic hydroxyl groups is 1. The molecule has 7 nitrogen and oxygen atoms in total. The van der Waals surface area contributed by atoms with Crippen LogP contribution in [0.5, 0.6) is 0 Å². The largest absolute Gasteiger partial charge is 0.396 e. The average molecular weight is 380 g/mol. The fraction of sp³-hybridized carbons (Fsp3) is 0.611. The van der Waals surface area contributed by atoms with E-state index in [0.717, 1.165) is 45.4 Å². The molecule has 0 radical (unpaired) electrons. The first-order valence-electron chi connectivity index (χ1n) is 9.22. The summed E-state index contributed by atoms with van der Waals surface area (Å²) < 4.78 is 5.46. The van der Waals surface area contributed by atoms with Gasteiger partial charge in [-0.3, -0.25) is 4.90 Å². The zero-order chi connectivity index (χ0) is 18.4. The van der Waals surface area contributed by atoms with E-state index in [1.807, 2.05) is 6.07 Å². The lowest BCUT2D eigenvalue weighted by molar-refractivity contribution is 0.0891. The molecule has 1 aliphatic heterocycles. The van der Waals surface area contributed by atoms with Crippen LogP contribution in [0.25, 0.3) is 11.4 Å². The topological polar surface area (TPSA) is 78.5 Å². The Morgan fingerprint density at radius 3 is 2.88 bits per heavy atom. The molecule has 0 unspecified atom stereocenters. The number of aliphatic hydroxyl groups excluding tert-OH is 1. The van der Waals surface area contributed by atoms with Gasteiger partial charge in [-0.2, -0.15) is 4.98 Å². The molecule has 1 aliphatic rings. The van der Waals surface area contributed by atoms with Gasteiger partial charge in [0.1, 0.15) is 5.15 Å². The summed E-state index contributed by atoms with van der Waals surface area (Å²) in [6.07, 6.45) is 4.61. The second-order valence-electron chi connectivity index (χ2n) is 6.57. The van der Waals surface area contributed by atoms with E-state index < -0.39 is 0 Å². The Morgan fingerprint density at radius 1 is 1.38 bits per heavy atom. The Labute approximate surface area is 159 Å². The molecule has 0 aromatic carbocycles. The predicted molar refractivity (Wildman–Crippen MR) is 99.8 cm³/mol. The highest BCUT2D eigenvalue weighted by molar-refractivity contribution is 6.31. The molecule has 0 aliphatic carbocycles. The van der Waals surface area contributed by atoms with Crippen LogP contribution in [0.15, 0.2) is 22.9 Å². The monoisotopic (exact) mass is 379 g/mol. The van der Waals surface area contributed by atoms with Crippen LogP contribution < -0.4 is 0 Å². The van der Waals surface area contributed by atoms with E-state index in [9.17, 15) is 5.11 Å². The van der Waals surface area contributed by atoms with Crippen molar-refractivity contribution in [2.24, 2.45) is 0 Å². The lowest BCUT2D eigenvalue weighted by Gasteiger charge is -2.37. The lowest BCUT2D eigenvalue weighted by atomic mass is 10.0. The van der Waals surface area contributed by atoms with Gasteiger partial charge in [0.25, 0.3) is 0 Å². The summed E-state index contributed by atoms with van der Waals surface area (Å²) >= 11 is 6.12. The smallest absolute Gasteiger partial charge is 0.241 e. The van der Waals surface area contributed by atoms with Crippen LogP contribution in [0.2, 0.25) is 5.15 Å². The predicted octanol–water partition coefficient (Wildman–Crippen LogP) is 2.45. The molecule has 0 atom stereocenters. The first-order chi connectivity index (χ1) is 12.7. The highest BCUT2D eigenvalue weighted by Gasteiger charge is 2.25. The summed E-state index contributed by atoms with van der Waals surface area (Å²) in [5.74, 6) is 1.02. The molecule has 3 rings (SSSR count). The highest BCUT2D eigenvalue weighted by Crippen LogP contribution is 2.24. The van der Waals surface area contributed by atoms with E-state index in [1.165, 1.54) is 0 Å². The van der Waals surface area contributed by atoms with E-state index >= 15 is 0 Å². The summed E-state index contributed by atoms with van der Waals surface area (Å²) in [5, 5.41) is 13.7. The van der Waals surface area contributed by atoms with Crippen LogP contribution >= 0.6 is 11.6 Å². The zero-order valence-electron chi connectivity index (χ0n) is 15.1. The average Bonchev–Trinajstić information content (AvgIpc) is 3.14. The van der Waals surface area contributed by atoms with Gasteiger partial charge in [0.05, 0.1) is 12.1 Å². The lowest BCUT2D eigenvalue weighted by Crippen LogP contribution is -2.45. The molecule has 2 aromatic rings.